The highest BCUT2D eigenvalue weighted by molar-refractivity contribution is 6.06. The second-order valence-corrected chi connectivity index (χ2v) is 6.19. The van der Waals surface area contributed by atoms with Crippen molar-refractivity contribution in [2.24, 2.45) is 5.92 Å². The van der Waals surface area contributed by atoms with E-state index in [0.29, 0.717) is 13.0 Å². The van der Waals surface area contributed by atoms with Gasteiger partial charge in [0.2, 0.25) is 11.8 Å². The third kappa shape index (κ3) is 2.06. The van der Waals surface area contributed by atoms with E-state index in [1.807, 2.05) is 24.3 Å². The SMILES string of the molecule is CC(C)C(=O)NN1C[C@]2(C[C@H]1C#N)C(=O)Nc1ccccc12. The quantitative estimate of drug-likeness (QED) is 0.858. The van der Waals surface area contributed by atoms with Gasteiger partial charge in [-0.2, -0.15) is 5.26 Å². The lowest BCUT2D eigenvalue weighted by Crippen LogP contribution is -2.48. The summed E-state index contributed by atoms with van der Waals surface area (Å²) < 4.78 is 0. The summed E-state index contributed by atoms with van der Waals surface area (Å²) in [5.41, 5.74) is 3.71. The highest BCUT2D eigenvalue weighted by Crippen LogP contribution is 2.45. The van der Waals surface area contributed by atoms with Crippen LogP contribution < -0.4 is 10.7 Å². The third-order valence-electron chi connectivity index (χ3n) is 4.41. The van der Waals surface area contributed by atoms with Gasteiger partial charge in [0.25, 0.3) is 0 Å². The average Bonchev–Trinajstić information content (AvgIpc) is 2.99. The minimum absolute atomic E-state index is 0.102. The van der Waals surface area contributed by atoms with Crippen LogP contribution in [0.1, 0.15) is 25.8 Å². The van der Waals surface area contributed by atoms with Crippen molar-refractivity contribution < 1.29 is 9.59 Å². The number of rotatable bonds is 2. The first-order valence-electron chi connectivity index (χ1n) is 7.35. The molecule has 2 amide bonds. The van der Waals surface area contributed by atoms with Crippen LogP contribution in [0.5, 0.6) is 0 Å². The molecule has 0 unspecified atom stereocenters. The molecule has 0 aliphatic carbocycles. The van der Waals surface area contributed by atoms with E-state index in [1.54, 1.807) is 18.9 Å². The summed E-state index contributed by atoms with van der Waals surface area (Å²) in [4.78, 5) is 24.5. The highest BCUT2D eigenvalue weighted by Gasteiger charge is 2.55. The van der Waals surface area contributed by atoms with Crippen molar-refractivity contribution in [1.82, 2.24) is 10.4 Å². The molecular weight excluding hydrogens is 280 g/mol. The summed E-state index contributed by atoms with van der Waals surface area (Å²) >= 11 is 0. The molecule has 2 N–H and O–H groups in total. The molecule has 0 radical (unpaired) electrons. The molecular formula is C16H18N4O2. The maximum Gasteiger partial charge on any atom is 0.236 e. The highest BCUT2D eigenvalue weighted by atomic mass is 16.2. The summed E-state index contributed by atoms with van der Waals surface area (Å²) in [6.07, 6.45) is 0.380. The van der Waals surface area contributed by atoms with Crippen LogP contribution in [0.25, 0.3) is 0 Å². The van der Waals surface area contributed by atoms with Gasteiger partial charge in [-0.3, -0.25) is 15.0 Å². The van der Waals surface area contributed by atoms with E-state index in [4.69, 9.17) is 0 Å². The van der Waals surface area contributed by atoms with Crippen LogP contribution in [0, 0.1) is 17.2 Å². The van der Waals surface area contributed by atoms with E-state index >= 15 is 0 Å². The molecule has 2 heterocycles. The zero-order valence-corrected chi connectivity index (χ0v) is 12.6. The van der Waals surface area contributed by atoms with Crippen LogP contribution in [0.15, 0.2) is 24.3 Å². The Kier molecular flexibility index (Phi) is 3.38. The topological polar surface area (TPSA) is 85.2 Å². The van der Waals surface area contributed by atoms with Crippen molar-refractivity contribution >= 4 is 17.5 Å². The second-order valence-electron chi connectivity index (χ2n) is 6.19. The number of anilines is 1. The number of carbonyl (C=O) groups is 2. The lowest BCUT2D eigenvalue weighted by atomic mass is 9.80. The first-order chi connectivity index (χ1) is 10.5. The summed E-state index contributed by atoms with van der Waals surface area (Å²) in [5, 5.41) is 13.9. The van der Waals surface area contributed by atoms with Gasteiger partial charge >= 0.3 is 0 Å². The second kappa shape index (κ2) is 5.11. The molecule has 22 heavy (non-hydrogen) atoms. The molecule has 1 saturated heterocycles. The molecule has 0 saturated carbocycles. The Hall–Kier alpha value is -2.39. The zero-order valence-electron chi connectivity index (χ0n) is 12.6. The fourth-order valence-electron chi connectivity index (χ4n) is 3.14. The molecule has 2 atom stereocenters. The van der Waals surface area contributed by atoms with Gasteiger partial charge in [-0.1, -0.05) is 32.0 Å². The predicted octanol–water partition coefficient (Wildman–Crippen LogP) is 1.16. The Morgan fingerprint density at radius 2 is 2.23 bits per heavy atom. The van der Waals surface area contributed by atoms with Crippen molar-refractivity contribution in [1.29, 1.82) is 5.26 Å². The Morgan fingerprint density at radius 3 is 2.91 bits per heavy atom. The Labute approximate surface area is 129 Å². The fourth-order valence-corrected chi connectivity index (χ4v) is 3.14. The van der Waals surface area contributed by atoms with Crippen LogP contribution in [0.2, 0.25) is 0 Å². The monoisotopic (exact) mass is 298 g/mol. The molecule has 1 aromatic carbocycles. The van der Waals surface area contributed by atoms with E-state index in [-0.39, 0.29) is 17.7 Å². The van der Waals surface area contributed by atoms with Gasteiger partial charge < -0.3 is 5.32 Å². The summed E-state index contributed by atoms with van der Waals surface area (Å²) in [6, 6.07) is 9.20. The van der Waals surface area contributed by atoms with Crippen LogP contribution in [0.4, 0.5) is 5.69 Å². The van der Waals surface area contributed by atoms with Crippen molar-refractivity contribution in [3.05, 3.63) is 29.8 Å². The lowest BCUT2D eigenvalue weighted by molar-refractivity contribution is -0.129. The number of nitrogens with one attached hydrogen (secondary N) is 2. The molecule has 2 aliphatic heterocycles. The normalized spacial score (nSPS) is 26.8. The van der Waals surface area contributed by atoms with E-state index in [9.17, 15) is 14.9 Å². The van der Waals surface area contributed by atoms with Gasteiger partial charge in [0.15, 0.2) is 0 Å². The number of para-hydroxylation sites is 1. The van der Waals surface area contributed by atoms with Crippen LogP contribution in [-0.4, -0.2) is 29.4 Å². The van der Waals surface area contributed by atoms with Gasteiger partial charge in [-0.05, 0) is 18.1 Å². The number of hydrazine groups is 1. The number of nitriles is 1. The molecule has 1 fully saturated rings. The lowest BCUT2D eigenvalue weighted by Gasteiger charge is -2.23. The number of nitrogens with zero attached hydrogens (tertiary/aromatic N) is 2. The number of amides is 2. The smallest absolute Gasteiger partial charge is 0.236 e. The molecule has 6 heteroatoms. The van der Waals surface area contributed by atoms with Gasteiger partial charge in [0.1, 0.15) is 6.04 Å². The maximum absolute atomic E-state index is 12.5. The van der Waals surface area contributed by atoms with E-state index in [0.717, 1.165) is 11.3 Å². The molecule has 0 bridgehead atoms. The van der Waals surface area contributed by atoms with Crippen molar-refractivity contribution in [2.75, 3.05) is 11.9 Å². The maximum atomic E-state index is 12.5. The fraction of sp³-hybridized carbons (Fsp3) is 0.438. The van der Waals surface area contributed by atoms with Gasteiger partial charge in [-0.25, -0.2) is 5.01 Å². The largest absolute Gasteiger partial charge is 0.325 e. The number of fused-ring (bicyclic) bond motifs is 2. The molecule has 3 rings (SSSR count). The molecule has 2 aliphatic rings. The Bertz CT molecular complexity index is 679. The Morgan fingerprint density at radius 1 is 1.50 bits per heavy atom. The minimum atomic E-state index is -0.763. The molecule has 6 nitrogen and oxygen atoms in total. The number of hydrogen-bond acceptors (Lipinski definition) is 4. The molecule has 1 spiro atoms. The summed E-state index contributed by atoms with van der Waals surface area (Å²) in [7, 11) is 0. The van der Waals surface area contributed by atoms with Crippen molar-refractivity contribution in [3.8, 4) is 6.07 Å². The van der Waals surface area contributed by atoms with E-state index in [1.165, 1.54) is 0 Å². The van der Waals surface area contributed by atoms with Crippen LogP contribution in [0.3, 0.4) is 0 Å². The summed E-state index contributed by atoms with van der Waals surface area (Å²) in [6.45, 7) is 3.90. The Balaban J connectivity index is 1.93. The average molecular weight is 298 g/mol. The summed E-state index contributed by atoms with van der Waals surface area (Å²) in [5.74, 6) is -0.431. The minimum Gasteiger partial charge on any atom is -0.325 e. The van der Waals surface area contributed by atoms with E-state index < -0.39 is 11.5 Å². The third-order valence-corrected chi connectivity index (χ3v) is 4.41. The predicted molar refractivity (Wildman–Crippen MR) is 80.5 cm³/mol. The van der Waals surface area contributed by atoms with Crippen LogP contribution >= 0.6 is 0 Å². The van der Waals surface area contributed by atoms with Gasteiger partial charge in [0, 0.05) is 18.2 Å². The first-order valence-corrected chi connectivity index (χ1v) is 7.35. The van der Waals surface area contributed by atoms with Gasteiger partial charge in [0.05, 0.1) is 11.5 Å². The number of hydrogen-bond donors (Lipinski definition) is 2. The molecule has 114 valence electrons. The van der Waals surface area contributed by atoms with Crippen LogP contribution in [-0.2, 0) is 15.0 Å². The number of benzene rings is 1. The first kappa shape index (κ1) is 14.5. The van der Waals surface area contributed by atoms with E-state index in [2.05, 4.69) is 16.8 Å². The van der Waals surface area contributed by atoms with Crippen molar-refractivity contribution in [3.63, 3.8) is 0 Å². The molecule has 1 aromatic rings. The molecule has 0 aromatic heterocycles. The standard InChI is InChI=1S/C16H18N4O2/c1-10(2)14(21)19-20-9-16(7-11(20)8-17)12-5-3-4-6-13(12)18-15(16)22/h3-6,10-11H,7,9H2,1-2H3,(H,18,22)(H,19,21)/t11-,16-/m0/s1. The van der Waals surface area contributed by atoms with Gasteiger partial charge in [-0.15, -0.1) is 0 Å². The number of carbonyl (C=O) groups excluding carboxylic acids is 2. The van der Waals surface area contributed by atoms with Crippen molar-refractivity contribution in [2.45, 2.75) is 31.7 Å². The zero-order chi connectivity index (χ0) is 15.9.